The van der Waals surface area contributed by atoms with E-state index < -0.39 is 0 Å². The fourth-order valence-corrected chi connectivity index (χ4v) is 7.84. The summed E-state index contributed by atoms with van der Waals surface area (Å²) in [4.78, 5) is 15.3. The second-order valence-electron chi connectivity index (χ2n) is 13.2. The predicted octanol–water partition coefficient (Wildman–Crippen LogP) is 12.2. The third-order valence-electron chi connectivity index (χ3n) is 10.2. The van der Waals surface area contributed by atoms with Crippen molar-refractivity contribution >= 4 is 65.4 Å². The molecule has 4 aromatic heterocycles. The third-order valence-corrected chi connectivity index (χ3v) is 10.2. The molecule has 4 heterocycles. The molecule has 0 aliphatic heterocycles. The van der Waals surface area contributed by atoms with Crippen molar-refractivity contribution in [3.8, 4) is 39.6 Å². The zero-order chi connectivity index (χ0) is 34.2. The number of aromatic nitrogens is 4. The minimum absolute atomic E-state index is 0.546. The second kappa shape index (κ2) is 11.2. The molecule has 0 spiro atoms. The molecule has 0 fully saturated rings. The lowest BCUT2D eigenvalue weighted by Crippen LogP contribution is -1.98. The van der Waals surface area contributed by atoms with Crippen LogP contribution in [0.3, 0.4) is 0 Å². The topological polar surface area (TPSA) is 56.7 Å². The Hall–Kier alpha value is -7.11. The molecule has 7 aromatic carbocycles. The summed E-state index contributed by atoms with van der Waals surface area (Å²) in [6.07, 6.45) is 1.94. The number of pyridine rings is 1. The molecule has 0 saturated heterocycles. The van der Waals surface area contributed by atoms with E-state index in [1.165, 1.54) is 32.3 Å². The number of benzene rings is 7. The van der Waals surface area contributed by atoms with Crippen LogP contribution >= 0.6 is 0 Å². The first kappa shape index (κ1) is 28.7. The van der Waals surface area contributed by atoms with Gasteiger partial charge in [0.15, 0.2) is 11.4 Å². The van der Waals surface area contributed by atoms with Crippen LogP contribution in [0.15, 0.2) is 174 Å². The Balaban J connectivity index is 1.12. The number of hydrogen-bond donors (Lipinski definition) is 0. The Bertz CT molecular complexity index is 3070. The number of rotatable bonds is 4. The van der Waals surface area contributed by atoms with Gasteiger partial charge in [-0.25, -0.2) is 9.97 Å². The average molecular weight is 665 g/mol. The number of hydrogen-bond acceptors (Lipinski definition) is 4. The monoisotopic (exact) mass is 664 g/mol. The lowest BCUT2D eigenvalue weighted by atomic mass is 10.00. The summed E-state index contributed by atoms with van der Waals surface area (Å²) in [5.41, 5.74) is 10.1. The Morgan fingerprint density at radius 2 is 1.12 bits per heavy atom. The number of fused-ring (bicyclic) bond motifs is 10. The highest BCUT2D eigenvalue weighted by molar-refractivity contribution is 6.28. The first-order chi connectivity index (χ1) is 25.8. The van der Waals surface area contributed by atoms with Crippen LogP contribution in [0.5, 0.6) is 0 Å². The zero-order valence-corrected chi connectivity index (χ0v) is 27.9. The van der Waals surface area contributed by atoms with Crippen LogP contribution in [-0.4, -0.2) is 19.5 Å². The van der Waals surface area contributed by atoms with Gasteiger partial charge in [-0.15, -0.1) is 0 Å². The molecule has 5 heteroatoms. The minimum atomic E-state index is 0.546. The first-order valence-corrected chi connectivity index (χ1v) is 17.4. The van der Waals surface area contributed by atoms with E-state index in [9.17, 15) is 0 Å². The Kier molecular flexibility index (Phi) is 6.18. The van der Waals surface area contributed by atoms with Crippen molar-refractivity contribution < 1.29 is 4.42 Å². The molecule has 5 nitrogen and oxygen atoms in total. The molecule has 0 atom stereocenters. The molecule has 0 saturated carbocycles. The van der Waals surface area contributed by atoms with Crippen LogP contribution in [0.1, 0.15) is 0 Å². The van der Waals surface area contributed by atoms with Crippen LogP contribution in [0.2, 0.25) is 0 Å². The summed E-state index contributed by atoms with van der Waals surface area (Å²) in [6.45, 7) is 0. The van der Waals surface area contributed by atoms with Gasteiger partial charge < -0.3 is 8.98 Å². The zero-order valence-electron chi connectivity index (χ0n) is 27.9. The van der Waals surface area contributed by atoms with Gasteiger partial charge in [-0.1, -0.05) is 127 Å². The summed E-state index contributed by atoms with van der Waals surface area (Å²) < 4.78 is 8.81. The molecule has 0 aliphatic carbocycles. The van der Waals surface area contributed by atoms with Crippen LogP contribution in [0.4, 0.5) is 0 Å². The van der Waals surface area contributed by atoms with Crippen molar-refractivity contribution in [1.82, 2.24) is 19.5 Å². The van der Waals surface area contributed by atoms with Crippen molar-refractivity contribution in [2.45, 2.75) is 0 Å². The predicted molar refractivity (Wildman–Crippen MR) is 213 cm³/mol. The standard InChI is InChI=1S/C47H28N4O/c1-3-11-29(12-4-1)33-21-26-41-37(27-33)45-46(52-41)44(32-15-5-2-6-16-32)49-47(50-45)38-23-22-34(28-48-38)51-39-24-19-30-13-7-9-17-35(30)42(39)43-36-18-10-8-14-31(36)20-25-40(43)51/h1-28H. The van der Waals surface area contributed by atoms with Gasteiger partial charge in [0.2, 0.25) is 0 Å². The first-order valence-electron chi connectivity index (χ1n) is 17.4. The van der Waals surface area contributed by atoms with Gasteiger partial charge in [0.05, 0.1) is 22.9 Å². The maximum absolute atomic E-state index is 6.48. The molecule has 11 aromatic rings. The van der Waals surface area contributed by atoms with E-state index in [4.69, 9.17) is 19.4 Å². The molecule has 0 amide bonds. The maximum Gasteiger partial charge on any atom is 0.180 e. The van der Waals surface area contributed by atoms with E-state index in [2.05, 4.69) is 132 Å². The molecule has 11 rings (SSSR count). The summed E-state index contributed by atoms with van der Waals surface area (Å²) in [7, 11) is 0. The highest BCUT2D eigenvalue weighted by atomic mass is 16.3. The Labute approximate surface area is 298 Å². The second-order valence-corrected chi connectivity index (χ2v) is 13.2. The van der Waals surface area contributed by atoms with Gasteiger partial charge in [0.1, 0.15) is 22.5 Å². The van der Waals surface area contributed by atoms with E-state index in [1.54, 1.807) is 0 Å². The van der Waals surface area contributed by atoms with E-state index in [1.807, 2.05) is 42.6 Å². The van der Waals surface area contributed by atoms with Gasteiger partial charge in [-0.05, 0) is 69.1 Å². The van der Waals surface area contributed by atoms with Crippen molar-refractivity contribution in [1.29, 1.82) is 0 Å². The smallest absolute Gasteiger partial charge is 0.180 e. The largest absolute Gasteiger partial charge is 0.452 e. The number of nitrogens with zero attached hydrogens (tertiary/aromatic N) is 4. The summed E-state index contributed by atoms with van der Waals surface area (Å²) >= 11 is 0. The lowest BCUT2D eigenvalue weighted by molar-refractivity contribution is 0.667. The Morgan fingerprint density at radius 3 is 1.77 bits per heavy atom. The van der Waals surface area contributed by atoms with E-state index in [0.717, 1.165) is 55.6 Å². The molecule has 0 unspecified atom stereocenters. The number of furan rings is 1. The highest BCUT2D eigenvalue weighted by Gasteiger charge is 2.21. The van der Waals surface area contributed by atoms with Crippen molar-refractivity contribution in [3.63, 3.8) is 0 Å². The van der Waals surface area contributed by atoms with Crippen molar-refractivity contribution in [2.24, 2.45) is 0 Å². The average Bonchev–Trinajstić information content (AvgIpc) is 3.77. The van der Waals surface area contributed by atoms with Crippen molar-refractivity contribution in [2.75, 3.05) is 0 Å². The molecule has 0 radical (unpaired) electrons. The molecule has 0 aliphatic rings. The molecule has 242 valence electrons. The molecule has 0 N–H and O–H groups in total. The van der Waals surface area contributed by atoms with Crippen LogP contribution < -0.4 is 0 Å². The summed E-state index contributed by atoms with van der Waals surface area (Å²) in [5.74, 6) is 0.546. The lowest BCUT2D eigenvalue weighted by Gasteiger charge is -2.10. The van der Waals surface area contributed by atoms with E-state index in [0.29, 0.717) is 17.1 Å². The van der Waals surface area contributed by atoms with Gasteiger partial charge in [0.25, 0.3) is 0 Å². The van der Waals surface area contributed by atoms with Gasteiger partial charge in [-0.3, -0.25) is 4.98 Å². The quantitative estimate of drug-likeness (QED) is 0.188. The minimum Gasteiger partial charge on any atom is -0.452 e. The van der Waals surface area contributed by atoms with Crippen LogP contribution in [-0.2, 0) is 0 Å². The van der Waals surface area contributed by atoms with Gasteiger partial charge in [-0.2, -0.15) is 0 Å². The third kappa shape index (κ3) is 4.33. The SMILES string of the molecule is c1ccc(-c2ccc3oc4c(-c5ccccc5)nc(-c5ccc(-n6c7ccc8ccccc8c7c7c8ccccc8ccc76)cn5)nc4c3c2)cc1. The molecular weight excluding hydrogens is 637 g/mol. The van der Waals surface area contributed by atoms with E-state index >= 15 is 0 Å². The van der Waals surface area contributed by atoms with Gasteiger partial charge in [0, 0.05) is 21.7 Å². The van der Waals surface area contributed by atoms with Crippen molar-refractivity contribution in [3.05, 3.63) is 170 Å². The normalized spacial score (nSPS) is 11.8. The fourth-order valence-electron chi connectivity index (χ4n) is 7.84. The maximum atomic E-state index is 6.48. The molecular formula is C47H28N4O. The Morgan fingerprint density at radius 1 is 0.481 bits per heavy atom. The van der Waals surface area contributed by atoms with E-state index in [-0.39, 0.29) is 0 Å². The molecule has 52 heavy (non-hydrogen) atoms. The van der Waals surface area contributed by atoms with Crippen LogP contribution in [0.25, 0.3) is 105 Å². The summed E-state index contributed by atoms with van der Waals surface area (Å²) in [6, 6.07) is 57.1. The molecule has 0 bridgehead atoms. The van der Waals surface area contributed by atoms with Crippen LogP contribution in [0, 0.1) is 0 Å². The highest BCUT2D eigenvalue weighted by Crippen LogP contribution is 2.41. The van der Waals surface area contributed by atoms with Gasteiger partial charge >= 0.3 is 0 Å². The fraction of sp³-hybridized carbons (Fsp3) is 0. The summed E-state index contributed by atoms with van der Waals surface area (Å²) in [5, 5.41) is 8.36.